The van der Waals surface area contributed by atoms with Crippen molar-refractivity contribution in [2.24, 2.45) is 0 Å². The second-order valence-corrected chi connectivity index (χ2v) is 5.15. The number of ether oxygens (including phenoxy) is 1. The van der Waals surface area contributed by atoms with Gasteiger partial charge in [-0.3, -0.25) is 5.10 Å². The van der Waals surface area contributed by atoms with E-state index in [4.69, 9.17) is 4.74 Å². The van der Waals surface area contributed by atoms with Crippen molar-refractivity contribution in [3.05, 3.63) is 34.1 Å². The van der Waals surface area contributed by atoms with E-state index in [1.165, 1.54) is 0 Å². The highest BCUT2D eigenvalue weighted by Crippen LogP contribution is 2.34. The average molecular weight is 366 g/mol. The number of rotatable bonds is 2. The number of aromatic amines is 1. The van der Waals surface area contributed by atoms with Gasteiger partial charge in [0.2, 0.25) is 0 Å². The topological polar surface area (TPSA) is 63.7 Å². The van der Waals surface area contributed by atoms with Gasteiger partial charge in [-0.15, -0.1) is 0 Å². The molecule has 0 spiro atoms. The lowest BCUT2D eigenvalue weighted by molar-refractivity contribution is 0.417. The van der Waals surface area contributed by atoms with E-state index in [0.29, 0.717) is 0 Å². The number of nitrogens with one attached hydrogen (secondary N) is 1. The minimum absolute atomic E-state index is 0.752. The molecule has 1 aromatic carbocycles. The molecule has 3 rings (SSSR count). The fourth-order valence-electron chi connectivity index (χ4n) is 1.94. The zero-order chi connectivity index (χ0) is 13.4. The minimum atomic E-state index is 0.752. The Labute approximate surface area is 123 Å². The first kappa shape index (κ1) is 12.3. The first-order valence-electron chi connectivity index (χ1n) is 5.69. The standard InChI is InChI=1S/C13H11IN4O/c1-7-15-5-8(6-16-7)9-3-10-11(4-12(9)19-2)17-18-13(10)14/h3-6H,1-2H3,(H,17,18). The van der Waals surface area contributed by atoms with Crippen LogP contribution in [0.25, 0.3) is 22.0 Å². The predicted octanol–water partition coefficient (Wildman–Crippen LogP) is 2.94. The Balaban J connectivity index is 2.25. The summed E-state index contributed by atoms with van der Waals surface area (Å²) in [6, 6.07) is 3.99. The lowest BCUT2D eigenvalue weighted by atomic mass is 10.1. The van der Waals surface area contributed by atoms with Crippen molar-refractivity contribution in [3.8, 4) is 16.9 Å². The molecule has 2 heterocycles. The summed E-state index contributed by atoms with van der Waals surface area (Å²) in [5.74, 6) is 1.53. The molecule has 0 saturated heterocycles. The van der Waals surface area contributed by atoms with Crippen molar-refractivity contribution >= 4 is 33.5 Å². The maximum atomic E-state index is 5.44. The molecular formula is C13H11IN4O. The first-order valence-corrected chi connectivity index (χ1v) is 6.77. The van der Waals surface area contributed by atoms with E-state index >= 15 is 0 Å². The molecule has 1 N–H and O–H groups in total. The number of hydrogen-bond acceptors (Lipinski definition) is 4. The van der Waals surface area contributed by atoms with Crippen molar-refractivity contribution in [2.45, 2.75) is 6.92 Å². The van der Waals surface area contributed by atoms with Crippen LogP contribution in [-0.4, -0.2) is 27.3 Å². The monoisotopic (exact) mass is 366 g/mol. The van der Waals surface area contributed by atoms with Gasteiger partial charge in [0.25, 0.3) is 0 Å². The summed E-state index contributed by atoms with van der Waals surface area (Å²) in [6.45, 7) is 1.86. The van der Waals surface area contributed by atoms with E-state index in [1.807, 2.05) is 19.1 Å². The van der Waals surface area contributed by atoms with Crippen LogP contribution < -0.4 is 4.74 Å². The second kappa shape index (κ2) is 4.76. The van der Waals surface area contributed by atoms with Gasteiger partial charge in [0.15, 0.2) is 0 Å². The average Bonchev–Trinajstić information content (AvgIpc) is 2.79. The van der Waals surface area contributed by atoms with E-state index in [-0.39, 0.29) is 0 Å². The van der Waals surface area contributed by atoms with E-state index < -0.39 is 0 Å². The Hall–Kier alpha value is -1.70. The normalized spacial score (nSPS) is 10.9. The molecule has 0 fully saturated rings. The highest BCUT2D eigenvalue weighted by molar-refractivity contribution is 14.1. The Bertz CT molecular complexity index is 736. The Morgan fingerprint density at radius 3 is 2.63 bits per heavy atom. The van der Waals surface area contributed by atoms with Crippen LogP contribution in [0.2, 0.25) is 0 Å². The summed E-state index contributed by atoms with van der Waals surface area (Å²) < 4.78 is 6.38. The van der Waals surface area contributed by atoms with Gasteiger partial charge in [-0.05, 0) is 35.6 Å². The van der Waals surface area contributed by atoms with Crippen LogP contribution in [0.5, 0.6) is 5.75 Å². The molecule has 0 aliphatic heterocycles. The summed E-state index contributed by atoms with van der Waals surface area (Å²) >= 11 is 2.20. The lowest BCUT2D eigenvalue weighted by Gasteiger charge is -2.08. The highest BCUT2D eigenvalue weighted by atomic mass is 127. The molecule has 0 aliphatic carbocycles. The van der Waals surface area contributed by atoms with E-state index in [2.05, 4.69) is 42.8 Å². The quantitative estimate of drug-likeness (QED) is 0.709. The summed E-state index contributed by atoms with van der Waals surface area (Å²) in [5.41, 5.74) is 2.86. The van der Waals surface area contributed by atoms with Gasteiger partial charge in [-0.2, -0.15) is 5.10 Å². The molecule has 0 aliphatic rings. The largest absolute Gasteiger partial charge is 0.496 e. The number of hydrogen-bond donors (Lipinski definition) is 1. The minimum Gasteiger partial charge on any atom is -0.496 e. The van der Waals surface area contributed by atoms with Crippen molar-refractivity contribution in [1.29, 1.82) is 0 Å². The van der Waals surface area contributed by atoms with Crippen LogP contribution in [0.4, 0.5) is 0 Å². The van der Waals surface area contributed by atoms with Crippen molar-refractivity contribution in [1.82, 2.24) is 20.2 Å². The molecule has 2 aromatic heterocycles. The third-order valence-electron chi connectivity index (χ3n) is 2.93. The van der Waals surface area contributed by atoms with E-state index in [1.54, 1.807) is 19.5 Å². The SMILES string of the molecule is COc1cc2[nH]nc(I)c2cc1-c1cnc(C)nc1. The van der Waals surface area contributed by atoms with Crippen molar-refractivity contribution < 1.29 is 4.74 Å². The molecule has 0 saturated carbocycles. The number of aromatic nitrogens is 4. The molecule has 0 bridgehead atoms. The maximum absolute atomic E-state index is 5.44. The highest BCUT2D eigenvalue weighted by Gasteiger charge is 2.12. The summed E-state index contributed by atoms with van der Waals surface area (Å²) in [4.78, 5) is 8.46. The smallest absolute Gasteiger partial charge is 0.130 e. The van der Waals surface area contributed by atoms with Gasteiger partial charge in [0.1, 0.15) is 15.3 Å². The molecule has 19 heavy (non-hydrogen) atoms. The zero-order valence-corrected chi connectivity index (χ0v) is 12.6. The number of nitrogens with zero attached hydrogens (tertiary/aromatic N) is 3. The van der Waals surface area contributed by atoms with Crippen LogP contribution in [0.3, 0.4) is 0 Å². The maximum Gasteiger partial charge on any atom is 0.130 e. The Kier molecular flexibility index (Phi) is 3.09. The lowest BCUT2D eigenvalue weighted by Crippen LogP contribution is -1.92. The van der Waals surface area contributed by atoms with E-state index in [0.717, 1.165) is 37.3 Å². The molecule has 0 amide bonds. The fraction of sp³-hybridized carbons (Fsp3) is 0.154. The number of aryl methyl sites for hydroxylation is 1. The molecule has 0 atom stereocenters. The zero-order valence-electron chi connectivity index (χ0n) is 10.4. The molecule has 5 nitrogen and oxygen atoms in total. The molecule has 0 radical (unpaired) electrons. The Morgan fingerprint density at radius 2 is 1.95 bits per heavy atom. The van der Waals surface area contributed by atoms with Gasteiger partial charge in [0.05, 0.1) is 12.6 Å². The molecule has 6 heteroatoms. The third-order valence-corrected chi connectivity index (χ3v) is 3.75. The number of H-pyrrole nitrogens is 1. The third kappa shape index (κ3) is 2.16. The number of methoxy groups -OCH3 is 1. The van der Waals surface area contributed by atoms with Gasteiger partial charge in [-0.1, -0.05) is 0 Å². The van der Waals surface area contributed by atoms with Crippen LogP contribution in [0.1, 0.15) is 5.82 Å². The van der Waals surface area contributed by atoms with Crippen LogP contribution in [-0.2, 0) is 0 Å². The first-order chi connectivity index (χ1) is 9.19. The van der Waals surface area contributed by atoms with Gasteiger partial charge in [-0.25, -0.2) is 9.97 Å². The van der Waals surface area contributed by atoms with Crippen LogP contribution in [0, 0.1) is 10.6 Å². The molecule has 0 unspecified atom stereocenters. The number of benzene rings is 1. The molecular weight excluding hydrogens is 355 g/mol. The number of halogens is 1. The van der Waals surface area contributed by atoms with Crippen molar-refractivity contribution in [3.63, 3.8) is 0 Å². The fourth-order valence-corrected chi connectivity index (χ4v) is 2.51. The van der Waals surface area contributed by atoms with Crippen molar-refractivity contribution in [2.75, 3.05) is 7.11 Å². The predicted molar refractivity (Wildman–Crippen MR) is 81.1 cm³/mol. The number of fused-ring (bicyclic) bond motifs is 1. The van der Waals surface area contributed by atoms with Crippen LogP contribution in [0.15, 0.2) is 24.5 Å². The van der Waals surface area contributed by atoms with Gasteiger partial charge < -0.3 is 4.74 Å². The summed E-state index contributed by atoms with van der Waals surface area (Å²) in [6.07, 6.45) is 3.61. The van der Waals surface area contributed by atoms with Crippen LogP contribution >= 0.6 is 22.6 Å². The summed E-state index contributed by atoms with van der Waals surface area (Å²) in [7, 11) is 1.65. The van der Waals surface area contributed by atoms with Gasteiger partial charge >= 0.3 is 0 Å². The van der Waals surface area contributed by atoms with E-state index in [9.17, 15) is 0 Å². The Morgan fingerprint density at radius 1 is 1.21 bits per heavy atom. The second-order valence-electron chi connectivity index (χ2n) is 4.13. The summed E-state index contributed by atoms with van der Waals surface area (Å²) in [5, 5.41) is 8.24. The van der Waals surface area contributed by atoms with Gasteiger partial charge in [0, 0.05) is 35.0 Å². The molecule has 96 valence electrons. The molecule has 3 aromatic rings.